The number of aromatic nitrogens is 1. The Morgan fingerprint density at radius 2 is 1.95 bits per heavy atom. The number of ether oxygens (including phenoxy) is 2. The molecule has 0 bridgehead atoms. The van der Waals surface area contributed by atoms with Crippen molar-refractivity contribution in [2.75, 3.05) is 6.61 Å². The van der Waals surface area contributed by atoms with Gasteiger partial charge in [0, 0.05) is 41.5 Å². The summed E-state index contributed by atoms with van der Waals surface area (Å²) in [6.45, 7) is 2.58. The van der Waals surface area contributed by atoms with Crippen LogP contribution in [-0.4, -0.2) is 34.9 Å². The lowest BCUT2D eigenvalue weighted by molar-refractivity contribution is -0.117. The molecule has 2 aromatic carbocycles. The zero-order chi connectivity index (χ0) is 28.1. The first-order chi connectivity index (χ1) is 18.3. The molecule has 3 aromatic rings. The van der Waals surface area contributed by atoms with Crippen LogP contribution in [-0.2, 0) is 28.8 Å². The number of hydrogen-bond acceptors (Lipinski definition) is 7. The molecule has 1 aliphatic carbocycles. The van der Waals surface area contributed by atoms with Crippen molar-refractivity contribution in [2.24, 2.45) is 5.73 Å². The van der Waals surface area contributed by atoms with Crippen molar-refractivity contribution < 1.29 is 33.0 Å². The molecule has 1 aliphatic heterocycles. The minimum Gasteiger partial charge on any atom is -0.489 e. The summed E-state index contributed by atoms with van der Waals surface area (Å²) in [4.78, 5) is 29.8. The molecule has 5 rings (SSSR count). The molecule has 3 N–H and O–H groups in total. The molecule has 2 atom stereocenters. The van der Waals surface area contributed by atoms with Crippen LogP contribution in [0.5, 0.6) is 11.5 Å². The molecule has 0 fully saturated rings. The van der Waals surface area contributed by atoms with Gasteiger partial charge in [0.05, 0.1) is 11.2 Å². The molecule has 0 saturated heterocycles. The van der Waals surface area contributed by atoms with Gasteiger partial charge in [0.15, 0.2) is 11.5 Å². The molecule has 2 heterocycles. The quantitative estimate of drug-likeness (QED) is 0.399. The Kier molecular flexibility index (Phi) is 6.76. The van der Waals surface area contributed by atoms with Gasteiger partial charge in [-0.3, -0.25) is 9.59 Å². The molecule has 2 aliphatic rings. The lowest BCUT2D eigenvalue weighted by atomic mass is 9.87. The van der Waals surface area contributed by atoms with Gasteiger partial charge >= 0.3 is 6.61 Å². The third-order valence-electron chi connectivity index (χ3n) is 7.42. The molecule has 0 saturated carbocycles. The highest BCUT2D eigenvalue weighted by molar-refractivity contribution is 5.98. The highest BCUT2D eigenvalue weighted by Gasteiger charge is 2.38. The zero-order valence-corrected chi connectivity index (χ0v) is 22.0. The predicted octanol–water partition coefficient (Wildman–Crippen LogP) is 4.76. The van der Waals surface area contributed by atoms with Crippen LogP contribution in [0.15, 0.2) is 42.5 Å². The number of rotatable bonds is 8. The van der Waals surface area contributed by atoms with Gasteiger partial charge in [-0.25, -0.2) is 4.98 Å². The Balaban J connectivity index is 1.44. The summed E-state index contributed by atoms with van der Waals surface area (Å²) in [5.41, 5.74) is 8.75. The molecule has 0 spiro atoms. The molecule has 2 unspecified atom stereocenters. The van der Waals surface area contributed by atoms with Gasteiger partial charge < -0.3 is 20.3 Å². The first kappa shape index (κ1) is 26.9. The van der Waals surface area contributed by atoms with Crippen LogP contribution in [0.1, 0.15) is 65.0 Å². The van der Waals surface area contributed by atoms with E-state index in [2.05, 4.69) is 4.74 Å². The van der Waals surface area contributed by atoms with E-state index in [0.29, 0.717) is 33.8 Å². The summed E-state index contributed by atoms with van der Waals surface area (Å²) in [6, 6.07) is 12.3. The van der Waals surface area contributed by atoms with E-state index in [-0.39, 0.29) is 55.2 Å². The third kappa shape index (κ3) is 5.29. The van der Waals surface area contributed by atoms with Gasteiger partial charge in [-0.15, -0.1) is 0 Å². The summed E-state index contributed by atoms with van der Waals surface area (Å²) in [7, 11) is 0. The molecular formula is C30H30F2N2O5. The number of alkyl halides is 2. The highest BCUT2D eigenvalue weighted by Crippen LogP contribution is 2.44. The number of carbonyl (C=O) groups is 2. The molecule has 39 heavy (non-hydrogen) atoms. The Labute approximate surface area is 225 Å². The van der Waals surface area contributed by atoms with Gasteiger partial charge in [0.2, 0.25) is 0 Å². The minimum atomic E-state index is -3.08. The number of Topliss-reactive ketones (excluding diaryl/α,β-unsaturated/α-hetero) is 2. The summed E-state index contributed by atoms with van der Waals surface area (Å²) in [6.07, 6.45) is -0.0246. The standard InChI is InChI=1S/C30H30F2N2O5/c1-16-4-6-17(7-5-16)26-27-22(29(2,33)15-38-27)14-25(34-26)30(3,37)9-8-23(36)19-10-18-11-20(35)13-21(18)24(12-19)39-28(31)32/h4-7,10,12,14,28,37H,8-9,11,13,15,33H2,1-3H3. The van der Waals surface area contributed by atoms with E-state index in [1.807, 2.05) is 38.1 Å². The number of aliphatic hydroxyl groups is 1. The lowest BCUT2D eigenvalue weighted by Gasteiger charge is -2.25. The fourth-order valence-electron chi connectivity index (χ4n) is 5.11. The highest BCUT2D eigenvalue weighted by atomic mass is 19.3. The smallest absolute Gasteiger partial charge is 0.387 e. The van der Waals surface area contributed by atoms with Crippen LogP contribution in [0.25, 0.3) is 11.3 Å². The largest absolute Gasteiger partial charge is 0.489 e. The Morgan fingerprint density at radius 3 is 2.64 bits per heavy atom. The van der Waals surface area contributed by atoms with Gasteiger partial charge in [0.25, 0.3) is 0 Å². The first-order valence-corrected chi connectivity index (χ1v) is 12.8. The van der Waals surface area contributed by atoms with Gasteiger partial charge in [0.1, 0.15) is 29.4 Å². The number of nitrogens with zero attached hydrogens (tertiary/aromatic N) is 1. The number of pyridine rings is 1. The fourth-order valence-corrected chi connectivity index (χ4v) is 5.11. The third-order valence-corrected chi connectivity index (χ3v) is 7.42. The molecule has 7 nitrogen and oxygen atoms in total. The van der Waals surface area contributed by atoms with Crippen molar-refractivity contribution >= 4 is 11.6 Å². The van der Waals surface area contributed by atoms with Crippen molar-refractivity contribution in [3.8, 4) is 22.8 Å². The predicted molar refractivity (Wildman–Crippen MR) is 140 cm³/mol. The number of benzene rings is 2. The number of fused-ring (bicyclic) bond motifs is 2. The molecule has 1 aromatic heterocycles. The summed E-state index contributed by atoms with van der Waals surface area (Å²) >= 11 is 0. The second-order valence-corrected chi connectivity index (χ2v) is 10.9. The number of ketones is 2. The van der Waals surface area contributed by atoms with Gasteiger partial charge in [-0.2, -0.15) is 8.78 Å². The molecule has 0 radical (unpaired) electrons. The van der Waals surface area contributed by atoms with E-state index < -0.39 is 17.8 Å². The second kappa shape index (κ2) is 9.81. The lowest BCUT2D eigenvalue weighted by Crippen LogP contribution is -2.35. The molecule has 204 valence electrons. The second-order valence-electron chi connectivity index (χ2n) is 10.9. The minimum absolute atomic E-state index is 0.00232. The van der Waals surface area contributed by atoms with E-state index in [9.17, 15) is 23.5 Å². The van der Waals surface area contributed by atoms with E-state index in [1.54, 1.807) is 19.1 Å². The fraction of sp³-hybridized carbons (Fsp3) is 0.367. The number of hydrogen-bond donors (Lipinski definition) is 2. The van der Waals surface area contributed by atoms with Crippen LogP contribution < -0.4 is 15.2 Å². The average Bonchev–Trinajstić information content (AvgIpc) is 3.40. The van der Waals surface area contributed by atoms with Crippen molar-refractivity contribution in [1.82, 2.24) is 4.98 Å². The van der Waals surface area contributed by atoms with E-state index in [4.69, 9.17) is 15.5 Å². The van der Waals surface area contributed by atoms with Crippen molar-refractivity contribution in [2.45, 2.75) is 64.2 Å². The maximum atomic E-state index is 13.2. The maximum absolute atomic E-state index is 13.2. The van der Waals surface area contributed by atoms with Crippen LogP contribution in [0.3, 0.4) is 0 Å². The van der Waals surface area contributed by atoms with Gasteiger partial charge in [-0.05, 0) is 51.0 Å². The van der Waals surface area contributed by atoms with Crippen LogP contribution in [0, 0.1) is 6.92 Å². The van der Waals surface area contributed by atoms with Crippen LogP contribution in [0.2, 0.25) is 0 Å². The van der Waals surface area contributed by atoms with Crippen molar-refractivity contribution in [3.63, 3.8) is 0 Å². The van der Waals surface area contributed by atoms with Crippen LogP contribution >= 0.6 is 0 Å². The van der Waals surface area contributed by atoms with Crippen molar-refractivity contribution in [3.05, 3.63) is 76.0 Å². The topological polar surface area (TPSA) is 112 Å². The Hall–Kier alpha value is -3.69. The number of aryl methyl sites for hydroxylation is 1. The number of halogens is 2. The van der Waals surface area contributed by atoms with Gasteiger partial charge in [-0.1, -0.05) is 29.8 Å². The molecule has 0 amide bonds. The zero-order valence-electron chi connectivity index (χ0n) is 22.0. The molecule has 9 heteroatoms. The van der Waals surface area contributed by atoms with E-state index in [1.165, 1.54) is 6.07 Å². The summed E-state index contributed by atoms with van der Waals surface area (Å²) < 4.78 is 36.5. The maximum Gasteiger partial charge on any atom is 0.387 e. The summed E-state index contributed by atoms with van der Waals surface area (Å²) in [5.74, 6) is -0.0875. The average molecular weight is 537 g/mol. The van der Waals surface area contributed by atoms with E-state index >= 15 is 0 Å². The molecular weight excluding hydrogens is 506 g/mol. The van der Waals surface area contributed by atoms with Crippen molar-refractivity contribution in [1.29, 1.82) is 0 Å². The van der Waals surface area contributed by atoms with E-state index in [0.717, 1.165) is 11.1 Å². The van der Waals surface area contributed by atoms with Crippen LogP contribution in [0.4, 0.5) is 8.78 Å². The monoisotopic (exact) mass is 536 g/mol. The Bertz CT molecular complexity index is 1470. The SMILES string of the molecule is Cc1ccc(-c2nc(C(C)(O)CCC(=O)c3cc4c(c(OC(F)F)c3)CC(=O)C4)cc3c2OCC3(C)N)cc1. The Morgan fingerprint density at radius 1 is 1.23 bits per heavy atom. The number of carbonyl (C=O) groups excluding carboxylic acids is 2. The number of nitrogens with two attached hydrogens (primary N) is 1. The normalized spacial score (nSPS) is 19.4. The summed E-state index contributed by atoms with van der Waals surface area (Å²) in [5, 5.41) is 11.5. The first-order valence-electron chi connectivity index (χ1n) is 12.8.